The van der Waals surface area contributed by atoms with Crippen LogP contribution in [-0.2, 0) is 9.59 Å². The van der Waals surface area contributed by atoms with Gasteiger partial charge in [-0.3, -0.25) is 14.5 Å². The Morgan fingerprint density at radius 3 is 2.87 bits per heavy atom. The number of thioether (sulfide) groups is 1. The Morgan fingerprint density at radius 1 is 1.28 bits per heavy atom. The predicted molar refractivity (Wildman–Crippen MR) is 152 cm³/mol. The number of rotatable bonds is 7. The Labute approximate surface area is 238 Å². The molecule has 9 nitrogen and oxygen atoms in total. The van der Waals surface area contributed by atoms with E-state index in [9.17, 15) is 14.9 Å². The monoisotopic (exact) mass is 578 g/mol. The van der Waals surface area contributed by atoms with Gasteiger partial charge in [0, 0.05) is 17.7 Å². The van der Waals surface area contributed by atoms with Crippen LogP contribution in [0.15, 0.2) is 75.5 Å². The largest absolute Gasteiger partial charge is 0.497 e. The third kappa shape index (κ3) is 5.36. The lowest BCUT2D eigenvalue weighted by atomic mass is 9.76. The SMILES string of the molecule is COc1cccc(C2C(C#N)=C(N)N(c3nnc(SCC(=O)Nc4ccccc4Cl)s3)C3=C2C(=O)CCC3)c1. The quantitative estimate of drug-likeness (QED) is 0.361. The maximum absolute atomic E-state index is 13.3. The second-order valence-corrected chi connectivity index (χ2v) is 11.3. The number of ether oxygens (including phenoxy) is 1. The van der Waals surface area contributed by atoms with Crippen LogP contribution >= 0.6 is 34.7 Å². The van der Waals surface area contributed by atoms with Crippen molar-refractivity contribution in [3.05, 3.63) is 81.8 Å². The summed E-state index contributed by atoms with van der Waals surface area (Å²) < 4.78 is 5.93. The lowest BCUT2D eigenvalue weighted by Crippen LogP contribution is -2.38. The van der Waals surface area contributed by atoms with Crippen LogP contribution in [0.2, 0.25) is 5.02 Å². The number of aromatic nitrogens is 2. The number of anilines is 2. The number of Topliss-reactive ketones (excluding diaryl/α,β-unsaturated/α-hetero) is 1. The number of nitrogens with one attached hydrogen (secondary N) is 1. The molecule has 0 spiro atoms. The number of allylic oxidation sites excluding steroid dienone is 3. The molecule has 1 amide bonds. The van der Waals surface area contributed by atoms with Crippen LogP contribution in [-0.4, -0.2) is 34.8 Å². The summed E-state index contributed by atoms with van der Waals surface area (Å²) in [5.74, 6) is 0.0736. The number of hydrogen-bond acceptors (Lipinski definition) is 10. The molecule has 1 atom stereocenters. The van der Waals surface area contributed by atoms with E-state index in [1.165, 1.54) is 23.1 Å². The van der Waals surface area contributed by atoms with E-state index >= 15 is 0 Å². The molecule has 2 aliphatic rings. The van der Waals surface area contributed by atoms with Crippen LogP contribution in [0.4, 0.5) is 10.8 Å². The number of carbonyl (C=O) groups excluding carboxylic acids is 2. The maximum Gasteiger partial charge on any atom is 0.234 e. The van der Waals surface area contributed by atoms with Crippen molar-refractivity contribution in [1.29, 1.82) is 5.26 Å². The normalized spacial score (nSPS) is 17.1. The standard InChI is InChI=1S/C27H23ClN6O3S2/c1-37-16-7-4-6-15(12-16)23-17(13-29)25(30)34(20-10-5-11-21(35)24(20)23)26-32-33-27(39-26)38-14-22(36)31-19-9-3-2-8-18(19)28/h2-4,6-9,12,23H,5,10-11,14,30H2,1H3,(H,31,36). The first kappa shape index (κ1) is 26.7. The van der Waals surface area contributed by atoms with Gasteiger partial charge in [0.05, 0.1) is 41.1 Å². The zero-order chi connectivity index (χ0) is 27.5. The second kappa shape index (κ2) is 11.5. The van der Waals surface area contributed by atoms with Crippen LogP contribution < -0.4 is 20.7 Å². The fourth-order valence-electron chi connectivity index (χ4n) is 4.69. The summed E-state index contributed by atoms with van der Waals surface area (Å²) in [6.07, 6.45) is 1.66. The molecule has 1 aromatic heterocycles. The van der Waals surface area contributed by atoms with Gasteiger partial charge in [-0.25, -0.2) is 0 Å². The lowest BCUT2D eigenvalue weighted by Gasteiger charge is -2.38. The Morgan fingerprint density at radius 2 is 2.10 bits per heavy atom. The molecule has 0 fully saturated rings. The van der Waals surface area contributed by atoms with Crippen molar-refractivity contribution >= 4 is 57.2 Å². The molecule has 3 aromatic rings. The molecule has 2 aromatic carbocycles. The topological polar surface area (TPSA) is 134 Å². The molecule has 5 rings (SSSR count). The number of benzene rings is 2. The maximum atomic E-state index is 13.3. The average Bonchev–Trinajstić information content (AvgIpc) is 3.41. The highest BCUT2D eigenvalue weighted by Crippen LogP contribution is 2.47. The number of carbonyl (C=O) groups is 2. The van der Waals surface area contributed by atoms with E-state index in [0.717, 1.165) is 11.3 Å². The number of nitrogens with two attached hydrogens (primary N) is 1. The van der Waals surface area contributed by atoms with Crippen LogP contribution in [0, 0.1) is 11.3 Å². The Hall–Kier alpha value is -3.85. The van der Waals surface area contributed by atoms with E-state index in [1.54, 1.807) is 36.3 Å². The average molecular weight is 579 g/mol. The molecule has 2 heterocycles. The van der Waals surface area contributed by atoms with E-state index in [0.29, 0.717) is 50.8 Å². The molecule has 12 heteroatoms. The summed E-state index contributed by atoms with van der Waals surface area (Å²) in [7, 11) is 1.57. The molecule has 3 N–H and O–H groups in total. The van der Waals surface area contributed by atoms with Crippen molar-refractivity contribution < 1.29 is 14.3 Å². The van der Waals surface area contributed by atoms with Crippen LogP contribution in [0.1, 0.15) is 30.7 Å². The summed E-state index contributed by atoms with van der Waals surface area (Å²) in [6.45, 7) is 0. The lowest BCUT2D eigenvalue weighted by molar-refractivity contribution is -0.116. The minimum Gasteiger partial charge on any atom is -0.497 e. The summed E-state index contributed by atoms with van der Waals surface area (Å²) in [5, 5.41) is 22.4. The van der Waals surface area contributed by atoms with Gasteiger partial charge < -0.3 is 15.8 Å². The molecule has 1 unspecified atom stereocenters. The van der Waals surface area contributed by atoms with Crippen molar-refractivity contribution in [3.63, 3.8) is 0 Å². The molecule has 1 aliphatic heterocycles. The van der Waals surface area contributed by atoms with Crippen molar-refractivity contribution in [2.24, 2.45) is 5.73 Å². The number of amides is 1. The van der Waals surface area contributed by atoms with Gasteiger partial charge in [-0.15, -0.1) is 10.2 Å². The number of methoxy groups -OCH3 is 1. The van der Waals surface area contributed by atoms with Gasteiger partial charge in [-0.05, 0) is 42.7 Å². The first-order chi connectivity index (χ1) is 18.9. The number of nitriles is 1. The van der Waals surface area contributed by atoms with Gasteiger partial charge >= 0.3 is 0 Å². The van der Waals surface area contributed by atoms with Crippen LogP contribution in [0.5, 0.6) is 5.75 Å². The van der Waals surface area contributed by atoms with Gasteiger partial charge in [-0.2, -0.15) is 5.26 Å². The second-order valence-electron chi connectivity index (χ2n) is 8.76. The first-order valence-electron chi connectivity index (χ1n) is 12.0. The van der Waals surface area contributed by atoms with Crippen molar-refractivity contribution in [1.82, 2.24) is 10.2 Å². The van der Waals surface area contributed by atoms with Crippen LogP contribution in [0.25, 0.3) is 0 Å². The molecule has 0 saturated heterocycles. The number of nitrogens with zero attached hydrogens (tertiary/aromatic N) is 4. The highest BCUT2D eigenvalue weighted by molar-refractivity contribution is 8.01. The summed E-state index contributed by atoms with van der Waals surface area (Å²) >= 11 is 8.58. The highest BCUT2D eigenvalue weighted by Gasteiger charge is 2.41. The molecule has 0 bridgehead atoms. The molecule has 0 saturated carbocycles. The van der Waals surface area contributed by atoms with E-state index in [1.807, 2.05) is 24.3 Å². The summed E-state index contributed by atoms with van der Waals surface area (Å²) in [6, 6.07) is 16.6. The Balaban J connectivity index is 1.43. The molecule has 39 heavy (non-hydrogen) atoms. The van der Waals surface area contributed by atoms with Crippen molar-refractivity contribution in [3.8, 4) is 11.8 Å². The number of para-hydroxylation sites is 1. The van der Waals surface area contributed by atoms with Gasteiger partial charge in [-0.1, -0.05) is 59.0 Å². The smallest absolute Gasteiger partial charge is 0.234 e. The minimum absolute atomic E-state index is 0.0234. The zero-order valence-electron chi connectivity index (χ0n) is 20.8. The fraction of sp³-hybridized carbons (Fsp3) is 0.222. The molecule has 0 radical (unpaired) electrons. The van der Waals surface area contributed by atoms with E-state index in [-0.39, 0.29) is 28.8 Å². The van der Waals surface area contributed by atoms with E-state index < -0.39 is 5.92 Å². The molecular formula is C27H23ClN6O3S2. The zero-order valence-corrected chi connectivity index (χ0v) is 23.2. The van der Waals surface area contributed by atoms with E-state index in [2.05, 4.69) is 21.6 Å². The molecular weight excluding hydrogens is 556 g/mol. The van der Waals surface area contributed by atoms with Gasteiger partial charge in [0.1, 0.15) is 11.6 Å². The van der Waals surface area contributed by atoms with Crippen molar-refractivity contribution in [2.45, 2.75) is 29.5 Å². The summed E-state index contributed by atoms with van der Waals surface area (Å²) in [5.41, 5.74) is 9.43. The van der Waals surface area contributed by atoms with Gasteiger partial charge in [0.2, 0.25) is 11.0 Å². The Kier molecular flexibility index (Phi) is 7.88. The molecule has 1 aliphatic carbocycles. The summed E-state index contributed by atoms with van der Waals surface area (Å²) in [4.78, 5) is 27.4. The minimum atomic E-state index is -0.598. The van der Waals surface area contributed by atoms with Gasteiger partial charge in [0.25, 0.3) is 0 Å². The van der Waals surface area contributed by atoms with E-state index in [4.69, 9.17) is 22.1 Å². The van der Waals surface area contributed by atoms with Crippen LogP contribution in [0.3, 0.4) is 0 Å². The van der Waals surface area contributed by atoms with Crippen molar-refractivity contribution in [2.75, 3.05) is 23.1 Å². The number of ketones is 1. The number of hydrogen-bond donors (Lipinski definition) is 2. The first-order valence-corrected chi connectivity index (χ1v) is 14.2. The fourth-order valence-corrected chi connectivity index (χ4v) is 6.55. The third-order valence-corrected chi connectivity index (χ3v) is 8.77. The molecule has 198 valence electrons. The highest BCUT2D eigenvalue weighted by atomic mass is 35.5. The Bertz CT molecular complexity index is 1560. The predicted octanol–water partition coefficient (Wildman–Crippen LogP) is 5.24. The van der Waals surface area contributed by atoms with Gasteiger partial charge in [0.15, 0.2) is 10.1 Å². The third-order valence-electron chi connectivity index (χ3n) is 6.40. The number of halogens is 1.